The van der Waals surface area contributed by atoms with Crippen LogP contribution in [0.3, 0.4) is 0 Å². The number of rotatable bonds is 7. The van der Waals surface area contributed by atoms with Gasteiger partial charge >= 0.3 is 0 Å². The Morgan fingerprint density at radius 3 is 3.05 bits per heavy atom. The fourth-order valence-electron chi connectivity index (χ4n) is 2.83. The summed E-state index contributed by atoms with van der Waals surface area (Å²) in [6.07, 6.45) is 5.38. The summed E-state index contributed by atoms with van der Waals surface area (Å²) >= 11 is 1.89. The van der Waals surface area contributed by atoms with E-state index in [1.165, 1.54) is 50.2 Å². The Bertz CT molecular complexity index is 335. The Morgan fingerprint density at radius 2 is 2.32 bits per heavy atom. The molecule has 0 radical (unpaired) electrons. The second-order valence-corrected chi connectivity index (χ2v) is 7.10. The van der Waals surface area contributed by atoms with Crippen molar-refractivity contribution in [3.8, 4) is 0 Å². The molecule has 0 aliphatic carbocycles. The van der Waals surface area contributed by atoms with Crippen LogP contribution in [0, 0.1) is 5.92 Å². The van der Waals surface area contributed by atoms with E-state index in [0.29, 0.717) is 0 Å². The van der Waals surface area contributed by atoms with Crippen LogP contribution in [0.15, 0.2) is 17.5 Å². The Balaban J connectivity index is 1.75. The van der Waals surface area contributed by atoms with Crippen molar-refractivity contribution in [2.75, 3.05) is 26.2 Å². The molecule has 3 heteroatoms. The molecule has 2 nitrogen and oxygen atoms in total. The summed E-state index contributed by atoms with van der Waals surface area (Å²) in [5, 5.41) is 5.83. The van der Waals surface area contributed by atoms with Gasteiger partial charge in [0.25, 0.3) is 0 Å². The molecule has 1 fully saturated rings. The first-order valence-corrected chi connectivity index (χ1v) is 8.61. The van der Waals surface area contributed by atoms with Crippen molar-refractivity contribution >= 4 is 11.3 Å². The maximum atomic E-state index is 3.64. The first kappa shape index (κ1) is 15.0. The SMILES string of the molecule is CC(C)CNCC1CCCCN1CCc1cccs1. The van der Waals surface area contributed by atoms with Crippen molar-refractivity contribution < 1.29 is 0 Å². The minimum Gasteiger partial charge on any atom is -0.315 e. The van der Waals surface area contributed by atoms with Crippen LogP contribution in [0.25, 0.3) is 0 Å². The molecule has 2 heterocycles. The van der Waals surface area contributed by atoms with Crippen LogP contribution in [-0.4, -0.2) is 37.1 Å². The number of thiophene rings is 1. The van der Waals surface area contributed by atoms with Crippen LogP contribution in [0.1, 0.15) is 38.0 Å². The van der Waals surface area contributed by atoms with E-state index < -0.39 is 0 Å². The Hall–Kier alpha value is -0.380. The minimum absolute atomic E-state index is 0.753. The second kappa shape index (κ2) is 8.03. The average Bonchev–Trinajstić information content (AvgIpc) is 2.90. The molecule has 1 unspecified atom stereocenters. The van der Waals surface area contributed by atoms with E-state index in [1.54, 1.807) is 0 Å². The fourth-order valence-corrected chi connectivity index (χ4v) is 3.53. The smallest absolute Gasteiger partial charge is 0.0220 e. The highest BCUT2D eigenvalue weighted by molar-refractivity contribution is 7.09. The van der Waals surface area contributed by atoms with Gasteiger partial charge in [-0.3, -0.25) is 4.90 Å². The van der Waals surface area contributed by atoms with Gasteiger partial charge in [-0.05, 0) is 49.7 Å². The summed E-state index contributed by atoms with van der Waals surface area (Å²) < 4.78 is 0. The number of hydrogen-bond acceptors (Lipinski definition) is 3. The average molecular weight is 280 g/mol. The number of nitrogens with zero attached hydrogens (tertiary/aromatic N) is 1. The van der Waals surface area contributed by atoms with Crippen molar-refractivity contribution in [2.24, 2.45) is 5.92 Å². The van der Waals surface area contributed by atoms with Crippen LogP contribution >= 0.6 is 11.3 Å². The molecule has 0 aromatic carbocycles. The number of nitrogens with one attached hydrogen (secondary N) is 1. The van der Waals surface area contributed by atoms with Gasteiger partial charge < -0.3 is 5.32 Å². The third-order valence-corrected chi connectivity index (χ3v) is 4.84. The molecule has 1 saturated heterocycles. The maximum absolute atomic E-state index is 3.64. The van der Waals surface area contributed by atoms with Gasteiger partial charge in [0.05, 0.1) is 0 Å². The van der Waals surface area contributed by atoms with Gasteiger partial charge in [-0.15, -0.1) is 11.3 Å². The van der Waals surface area contributed by atoms with Gasteiger partial charge in [0.15, 0.2) is 0 Å². The standard InChI is InChI=1S/C16H28N2S/c1-14(2)12-17-13-15-6-3-4-9-18(15)10-8-16-7-5-11-19-16/h5,7,11,14-15,17H,3-4,6,8-10,12-13H2,1-2H3. The van der Waals surface area contributed by atoms with E-state index in [-0.39, 0.29) is 0 Å². The summed E-state index contributed by atoms with van der Waals surface area (Å²) in [6.45, 7) is 9.40. The highest BCUT2D eigenvalue weighted by atomic mass is 32.1. The lowest BCUT2D eigenvalue weighted by atomic mass is 10.0. The van der Waals surface area contributed by atoms with Gasteiger partial charge in [-0.1, -0.05) is 26.3 Å². The molecule has 0 saturated carbocycles. The summed E-state index contributed by atoms with van der Waals surface area (Å²) in [6, 6.07) is 5.19. The van der Waals surface area contributed by atoms with E-state index in [2.05, 4.69) is 41.6 Å². The molecule has 1 aliphatic heterocycles. The largest absolute Gasteiger partial charge is 0.315 e. The molecule has 2 rings (SSSR count). The molecule has 1 atom stereocenters. The zero-order valence-corrected chi connectivity index (χ0v) is 13.2. The van der Waals surface area contributed by atoms with E-state index in [9.17, 15) is 0 Å². The molecule has 1 N–H and O–H groups in total. The monoisotopic (exact) mass is 280 g/mol. The molecular formula is C16H28N2S. The fraction of sp³-hybridized carbons (Fsp3) is 0.750. The molecule has 1 aliphatic rings. The predicted molar refractivity (Wildman–Crippen MR) is 84.9 cm³/mol. The Morgan fingerprint density at radius 1 is 1.42 bits per heavy atom. The summed E-state index contributed by atoms with van der Waals surface area (Å²) in [5.74, 6) is 0.753. The summed E-state index contributed by atoms with van der Waals surface area (Å²) in [4.78, 5) is 4.23. The zero-order chi connectivity index (χ0) is 13.5. The topological polar surface area (TPSA) is 15.3 Å². The predicted octanol–water partition coefficient (Wildman–Crippen LogP) is 3.39. The lowest BCUT2D eigenvalue weighted by molar-refractivity contribution is 0.147. The maximum Gasteiger partial charge on any atom is 0.0220 e. The number of piperidine rings is 1. The lowest BCUT2D eigenvalue weighted by Crippen LogP contribution is -2.46. The molecule has 0 bridgehead atoms. The van der Waals surface area contributed by atoms with Gasteiger partial charge in [0.1, 0.15) is 0 Å². The van der Waals surface area contributed by atoms with Gasteiger partial charge in [-0.25, -0.2) is 0 Å². The lowest BCUT2D eigenvalue weighted by Gasteiger charge is -2.36. The molecular weight excluding hydrogens is 252 g/mol. The molecule has 0 spiro atoms. The van der Waals surface area contributed by atoms with Crippen molar-refractivity contribution in [2.45, 2.75) is 45.6 Å². The molecule has 19 heavy (non-hydrogen) atoms. The first-order valence-electron chi connectivity index (χ1n) is 7.73. The van der Waals surface area contributed by atoms with Crippen LogP contribution in [0.2, 0.25) is 0 Å². The molecule has 1 aromatic heterocycles. The highest BCUT2D eigenvalue weighted by Crippen LogP contribution is 2.18. The van der Waals surface area contributed by atoms with E-state index in [0.717, 1.165) is 18.5 Å². The van der Waals surface area contributed by atoms with Crippen LogP contribution < -0.4 is 5.32 Å². The molecule has 1 aromatic rings. The normalized spacial score (nSPS) is 21.1. The third-order valence-electron chi connectivity index (χ3n) is 3.91. The summed E-state index contributed by atoms with van der Waals surface area (Å²) in [5.41, 5.74) is 0. The summed E-state index contributed by atoms with van der Waals surface area (Å²) in [7, 11) is 0. The zero-order valence-electron chi connectivity index (χ0n) is 12.4. The van der Waals surface area contributed by atoms with Crippen molar-refractivity contribution in [1.82, 2.24) is 10.2 Å². The van der Waals surface area contributed by atoms with Crippen molar-refractivity contribution in [1.29, 1.82) is 0 Å². The quantitative estimate of drug-likeness (QED) is 0.823. The van der Waals surface area contributed by atoms with E-state index >= 15 is 0 Å². The highest BCUT2D eigenvalue weighted by Gasteiger charge is 2.21. The van der Waals surface area contributed by atoms with E-state index in [4.69, 9.17) is 0 Å². The molecule has 108 valence electrons. The van der Waals surface area contributed by atoms with Crippen LogP contribution in [-0.2, 0) is 6.42 Å². The second-order valence-electron chi connectivity index (χ2n) is 6.07. The Kier molecular flexibility index (Phi) is 6.35. The minimum atomic E-state index is 0.753. The van der Waals surface area contributed by atoms with E-state index in [1.807, 2.05) is 11.3 Å². The number of likely N-dealkylation sites (tertiary alicyclic amines) is 1. The Labute approximate surface area is 122 Å². The van der Waals surface area contributed by atoms with Gasteiger partial charge in [-0.2, -0.15) is 0 Å². The molecule has 0 amide bonds. The van der Waals surface area contributed by atoms with Gasteiger partial charge in [0.2, 0.25) is 0 Å². The number of hydrogen-bond donors (Lipinski definition) is 1. The van der Waals surface area contributed by atoms with Crippen molar-refractivity contribution in [3.05, 3.63) is 22.4 Å². The first-order chi connectivity index (χ1) is 9.25. The van der Waals surface area contributed by atoms with Crippen LogP contribution in [0.5, 0.6) is 0 Å². The van der Waals surface area contributed by atoms with Crippen LogP contribution in [0.4, 0.5) is 0 Å². The third kappa shape index (κ3) is 5.25. The van der Waals surface area contributed by atoms with Gasteiger partial charge in [0, 0.05) is 24.0 Å². The van der Waals surface area contributed by atoms with Crippen molar-refractivity contribution in [3.63, 3.8) is 0 Å².